The van der Waals surface area contributed by atoms with Crippen LogP contribution in [0, 0.1) is 5.92 Å². The number of allylic oxidation sites excluding steroid dienone is 1. The van der Waals surface area contributed by atoms with E-state index in [2.05, 4.69) is 22.0 Å². The lowest BCUT2D eigenvalue weighted by Crippen LogP contribution is -2.21. The summed E-state index contributed by atoms with van der Waals surface area (Å²) < 4.78 is 1.01. The fourth-order valence-corrected chi connectivity index (χ4v) is 3.21. The first kappa shape index (κ1) is 11.2. The fourth-order valence-electron chi connectivity index (χ4n) is 2.46. The quantitative estimate of drug-likeness (QED) is 0.705. The zero-order valence-corrected chi connectivity index (χ0v) is 10.6. The van der Waals surface area contributed by atoms with Crippen LogP contribution in [0.15, 0.2) is 10.7 Å². The van der Waals surface area contributed by atoms with Crippen LogP contribution in [0.25, 0.3) is 0 Å². The van der Waals surface area contributed by atoms with E-state index in [0.717, 1.165) is 17.6 Å². The molecule has 2 nitrogen and oxygen atoms in total. The molecule has 0 radical (unpaired) electrons. The smallest absolute Gasteiger partial charge is 0.227 e. The normalized spacial score (nSPS) is 25.0. The monoisotopic (exact) mass is 271 g/mol. The van der Waals surface area contributed by atoms with Gasteiger partial charge in [0.05, 0.1) is 4.61 Å². The molecule has 2 fully saturated rings. The molecule has 2 rings (SSSR count). The Bertz CT molecular complexity index is 269. The molecule has 1 heterocycles. The van der Waals surface area contributed by atoms with Crippen LogP contribution in [0.2, 0.25) is 0 Å². The van der Waals surface area contributed by atoms with Crippen LogP contribution in [-0.2, 0) is 4.79 Å². The van der Waals surface area contributed by atoms with Gasteiger partial charge in [-0.2, -0.15) is 0 Å². The molecule has 0 bridgehead atoms. The zero-order chi connectivity index (χ0) is 10.7. The number of hydrogen-bond donors (Lipinski definition) is 0. The highest BCUT2D eigenvalue weighted by Gasteiger charge is 2.23. The maximum Gasteiger partial charge on any atom is 0.227 e. The van der Waals surface area contributed by atoms with E-state index in [1.807, 2.05) is 4.90 Å². The molecule has 0 atom stereocenters. The molecule has 1 aliphatic carbocycles. The van der Waals surface area contributed by atoms with Gasteiger partial charge < -0.3 is 4.90 Å². The predicted molar refractivity (Wildman–Crippen MR) is 64.5 cm³/mol. The number of rotatable bonds is 2. The average Bonchev–Trinajstić information content (AvgIpc) is 2.66. The Labute approximate surface area is 99.8 Å². The van der Waals surface area contributed by atoms with Gasteiger partial charge in [-0.15, -0.1) is 0 Å². The molecule has 0 spiro atoms. The molecule has 0 N–H and O–H groups in total. The summed E-state index contributed by atoms with van der Waals surface area (Å²) in [4.78, 5) is 13.4. The Balaban J connectivity index is 1.95. The molecular weight excluding hydrogens is 254 g/mol. The Hall–Kier alpha value is -0.310. The van der Waals surface area contributed by atoms with E-state index in [-0.39, 0.29) is 5.91 Å². The van der Waals surface area contributed by atoms with Gasteiger partial charge in [0, 0.05) is 13.0 Å². The van der Waals surface area contributed by atoms with Crippen LogP contribution in [0.4, 0.5) is 0 Å². The Kier molecular flexibility index (Phi) is 3.84. The fraction of sp³-hybridized carbons (Fsp3) is 0.750. The Morgan fingerprint density at radius 3 is 2.60 bits per heavy atom. The van der Waals surface area contributed by atoms with Crippen molar-refractivity contribution in [2.75, 3.05) is 6.54 Å². The molecule has 1 saturated carbocycles. The maximum atomic E-state index is 11.5. The second-order valence-electron chi connectivity index (χ2n) is 4.54. The molecule has 0 aromatic heterocycles. The molecule has 1 saturated heterocycles. The van der Waals surface area contributed by atoms with Crippen molar-refractivity contribution in [1.82, 2.24) is 4.90 Å². The number of halogens is 1. The largest absolute Gasteiger partial charge is 0.307 e. The van der Waals surface area contributed by atoms with Crippen LogP contribution >= 0.6 is 15.9 Å². The van der Waals surface area contributed by atoms with Crippen LogP contribution in [0.5, 0.6) is 0 Å². The first-order chi connectivity index (χ1) is 7.27. The van der Waals surface area contributed by atoms with Crippen molar-refractivity contribution < 1.29 is 4.79 Å². The van der Waals surface area contributed by atoms with E-state index in [4.69, 9.17) is 0 Å². The lowest BCUT2D eigenvalue weighted by Gasteiger charge is -2.21. The lowest BCUT2D eigenvalue weighted by molar-refractivity contribution is -0.125. The van der Waals surface area contributed by atoms with Crippen molar-refractivity contribution in [3.8, 4) is 0 Å². The second-order valence-corrected chi connectivity index (χ2v) is 5.35. The van der Waals surface area contributed by atoms with E-state index in [1.54, 1.807) is 0 Å². The highest BCUT2D eigenvalue weighted by molar-refractivity contribution is 9.11. The minimum Gasteiger partial charge on any atom is -0.307 e. The number of likely N-dealkylation sites (tertiary alicyclic amines) is 1. The first-order valence-corrected chi connectivity index (χ1v) is 6.74. The van der Waals surface area contributed by atoms with Gasteiger partial charge in [-0.1, -0.05) is 25.3 Å². The maximum absolute atomic E-state index is 11.5. The van der Waals surface area contributed by atoms with E-state index in [0.29, 0.717) is 12.3 Å². The van der Waals surface area contributed by atoms with E-state index in [9.17, 15) is 4.79 Å². The van der Waals surface area contributed by atoms with Crippen molar-refractivity contribution in [1.29, 1.82) is 0 Å². The van der Waals surface area contributed by atoms with Crippen molar-refractivity contribution in [2.24, 2.45) is 5.92 Å². The van der Waals surface area contributed by atoms with Gasteiger partial charge in [0.15, 0.2) is 0 Å². The summed E-state index contributed by atoms with van der Waals surface area (Å²) in [5.74, 6) is 0.954. The van der Waals surface area contributed by atoms with Crippen LogP contribution in [0.3, 0.4) is 0 Å². The number of carbonyl (C=O) groups excluding carboxylic acids is 1. The van der Waals surface area contributed by atoms with Crippen molar-refractivity contribution in [2.45, 2.75) is 44.9 Å². The van der Waals surface area contributed by atoms with Gasteiger partial charge in [0.25, 0.3) is 0 Å². The number of hydrogen-bond acceptors (Lipinski definition) is 1. The molecular formula is C12H18BrNO. The van der Waals surface area contributed by atoms with Crippen LogP contribution in [0.1, 0.15) is 44.9 Å². The summed E-state index contributed by atoms with van der Waals surface area (Å²) in [6.45, 7) is 0.892. The van der Waals surface area contributed by atoms with E-state index >= 15 is 0 Å². The average molecular weight is 272 g/mol. The second kappa shape index (κ2) is 5.15. The molecule has 84 valence electrons. The molecule has 15 heavy (non-hydrogen) atoms. The third kappa shape index (κ3) is 2.83. The Morgan fingerprint density at radius 2 is 2.00 bits per heavy atom. The number of carbonyl (C=O) groups is 1. The van der Waals surface area contributed by atoms with E-state index in [1.165, 1.54) is 32.1 Å². The highest BCUT2D eigenvalue weighted by atomic mass is 79.9. The summed E-state index contributed by atoms with van der Waals surface area (Å²) in [5.41, 5.74) is 0. The molecule has 0 unspecified atom stereocenters. The van der Waals surface area contributed by atoms with Crippen molar-refractivity contribution in [3.05, 3.63) is 10.7 Å². The van der Waals surface area contributed by atoms with Crippen LogP contribution < -0.4 is 0 Å². The highest BCUT2D eigenvalue weighted by Crippen LogP contribution is 2.29. The zero-order valence-electron chi connectivity index (χ0n) is 9.04. The predicted octanol–water partition coefficient (Wildman–Crippen LogP) is 3.43. The van der Waals surface area contributed by atoms with Crippen LogP contribution in [-0.4, -0.2) is 17.4 Å². The lowest BCUT2D eigenvalue weighted by atomic mass is 9.89. The van der Waals surface area contributed by atoms with Gasteiger partial charge in [-0.3, -0.25) is 4.79 Å². The summed E-state index contributed by atoms with van der Waals surface area (Å²) >= 11 is 3.55. The summed E-state index contributed by atoms with van der Waals surface area (Å²) in [6.07, 6.45) is 10.6. The number of amides is 1. The van der Waals surface area contributed by atoms with Gasteiger partial charge in [-0.05, 0) is 41.1 Å². The number of nitrogens with zero attached hydrogens (tertiary/aromatic N) is 1. The third-order valence-corrected chi connectivity index (χ3v) is 4.05. The first-order valence-electron chi connectivity index (χ1n) is 5.95. The third-order valence-electron chi connectivity index (χ3n) is 3.35. The van der Waals surface area contributed by atoms with Gasteiger partial charge in [0.2, 0.25) is 5.91 Å². The van der Waals surface area contributed by atoms with Gasteiger partial charge in [0.1, 0.15) is 0 Å². The summed E-state index contributed by atoms with van der Waals surface area (Å²) in [5, 5.41) is 0. The molecule has 3 heteroatoms. The summed E-state index contributed by atoms with van der Waals surface area (Å²) in [7, 11) is 0. The minimum atomic E-state index is 0.272. The molecule has 1 aliphatic heterocycles. The topological polar surface area (TPSA) is 20.3 Å². The summed E-state index contributed by atoms with van der Waals surface area (Å²) in [6, 6.07) is 0. The molecule has 0 aromatic rings. The Morgan fingerprint density at radius 1 is 1.27 bits per heavy atom. The SMILES string of the molecule is O=C1CCCN1/C(Br)=C\C1CCCCC1. The van der Waals surface area contributed by atoms with Gasteiger partial charge >= 0.3 is 0 Å². The minimum absolute atomic E-state index is 0.272. The van der Waals surface area contributed by atoms with Crippen molar-refractivity contribution in [3.63, 3.8) is 0 Å². The molecule has 1 amide bonds. The van der Waals surface area contributed by atoms with Crippen molar-refractivity contribution >= 4 is 21.8 Å². The molecule has 0 aromatic carbocycles. The standard InChI is InChI=1S/C12H18BrNO/c13-11(14-8-4-7-12(14)15)9-10-5-2-1-3-6-10/h9-10H,1-8H2/b11-9-. The van der Waals surface area contributed by atoms with Gasteiger partial charge in [-0.25, -0.2) is 0 Å². The van der Waals surface area contributed by atoms with E-state index < -0.39 is 0 Å². The molecule has 2 aliphatic rings.